The van der Waals surface area contributed by atoms with Crippen molar-refractivity contribution in [2.75, 3.05) is 0 Å². The van der Waals surface area contributed by atoms with Crippen LogP contribution in [0.2, 0.25) is 5.02 Å². The van der Waals surface area contributed by atoms with Gasteiger partial charge in [0.1, 0.15) is 0 Å². The van der Waals surface area contributed by atoms with Crippen LogP contribution in [-0.2, 0) is 22.2 Å². The number of hydrogen-bond acceptors (Lipinski definition) is 2. The summed E-state index contributed by atoms with van der Waals surface area (Å²) in [6.45, 7) is 3.93. The summed E-state index contributed by atoms with van der Waals surface area (Å²) in [5, 5.41) is 0.538. The van der Waals surface area contributed by atoms with Crippen molar-refractivity contribution in [2.45, 2.75) is 32.1 Å². The first-order chi connectivity index (χ1) is 10.4. The molecule has 118 valence electrons. The maximum absolute atomic E-state index is 12.3. The number of aryl methyl sites for hydroxylation is 1. The molecule has 0 aliphatic heterocycles. The second kappa shape index (κ2) is 7.27. The van der Waals surface area contributed by atoms with E-state index in [0.29, 0.717) is 10.6 Å². The predicted molar refractivity (Wildman–Crippen MR) is 91.4 cm³/mol. The molecule has 1 atom stereocenters. The zero-order chi connectivity index (χ0) is 16.2. The maximum Gasteiger partial charge on any atom is 0.216 e. The normalized spacial score (nSPS) is 13.0. The van der Waals surface area contributed by atoms with E-state index in [4.69, 9.17) is 11.6 Å². The molecule has 0 aromatic heterocycles. The Morgan fingerprint density at radius 1 is 1.09 bits per heavy atom. The van der Waals surface area contributed by atoms with Gasteiger partial charge in [0.25, 0.3) is 0 Å². The molecule has 2 aromatic rings. The Labute approximate surface area is 137 Å². The molecule has 5 heteroatoms. The van der Waals surface area contributed by atoms with Crippen LogP contribution in [0.1, 0.15) is 36.6 Å². The monoisotopic (exact) mass is 337 g/mol. The molecule has 0 aliphatic rings. The first-order valence-electron chi connectivity index (χ1n) is 7.23. The van der Waals surface area contributed by atoms with Crippen molar-refractivity contribution in [3.05, 3.63) is 70.2 Å². The Bertz CT molecular complexity index is 727. The standard InChI is InChI=1S/C17H20ClNO2S/c1-3-14-7-9-16(10-8-14)13(2)19-22(20,21)12-15-5-4-6-17(18)11-15/h4-11,13,19H,3,12H2,1-2H3/t13-/m0/s1. The molecular formula is C17H20ClNO2S. The average molecular weight is 338 g/mol. The molecule has 0 saturated carbocycles. The van der Waals surface area contributed by atoms with Gasteiger partial charge in [-0.1, -0.05) is 54.9 Å². The lowest BCUT2D eigenvalue weighted by molar-refractivity contribution is 0.566. The largest absolute Gasteiger partial charge is 0.216 e. The second-order valence-corrected chi connectivity index (χ2v) is 7.51. The molecule has 0 bridgehead atoms. The summed E-state index contributed by atoms with van der Waals surface area (Å²) >= 11 is 5.89. The van der Waals surface area contributed by atoms with E-state index in [-0.39, 0.29) is 11.8 Å². The van der Waals surface area contributed by atoms with Gasteiger partial charge in [0, 0.05) is 11.1 Å². The van der Waals surface area contributed by atoms with E-state index in [1.54, 1.807) is 24.3 Å². The zero-order valence-corrected chi connectivity index (χ0v) is 14.3. The topological polar surface area (TPSA) is 46.2 Å². The summed E-state index contributed by atoms with van der Waals surface area (Å²) in [4.78, 5) is 0. The molecule has 0 spiro atoms. The van der Waals surface area contributed by atoms with Crippen LogP contribution >= 0.6 is 11.6 Å². The molecule has 2 rings (SSSR count). The van der Waals surface area contributed by atoms with Crippen LogP contribution in [-0.4, -0.2) is 8.42 Å². The molecule has 0 amide bonds. The number of nitrogens with one attached hydrogen (secondary N) is 1. The molecule has 2 aromatic carbocycles. The first-order valence-corrected chi connectivity index (χ1v) is 9.26. The quantitative estimate of drug-likeness (QED) is 0.863. The number of rotatable bonds is 6. The van der Waals surface area contributed by atoms with Crippen LogP contribution in [0, 0.1) is 0 Å². The minimum Gasteiger partial charge on any atom is -0.212 e. The Hall–Kier alpha value is -1.36. The molecule has 0 radical (unpaired) electrons. The van der Waals surface area contributed by atoms with E-state index >= 15 is 0 Å². The molecule has 22 heavy (non-hydrogen) atoms. The Morgan fingerprint density at radius 3 is 2.36 bits per heavy atom. The van der Waals surface area contributed by atoms with Crippen molar-refractivity contribution in [1.82, 2.24) is 4.72 Å². The summed E-state index contributed by atoms with van der Waals surface area (Å²) in [6, 6.07) is 14.6. The second-order valence-electron chi connectivity index (χ2n) is 5.32. The van der Waals surface area contributed by atoms with Crippen molar-refractivity contribution < 1.29 is 8.42 Å². The number of halogens is 1. The fourth-order valence-corrected chi connectivity index (χ4v) is 3.86. The van der Waals surface area contributed by atoms with Gasteiger partial charge < -0.3 is 0 Å². The van der Waals surface area contributed by atoms with Gasteiger partial charge in [0.15, 0.2) is 0 Å². The minimum atomic E-state index is -3.42. The van der Waals surface area contributed by atoms with Crippen molar-refractivity contribution in [1.29, 1.82) is 0 Å². The Balaban J connectivity index is 2.07. The first kappa shape index (κ1) is 17.0. The lowest BCUT2D eigenvalue weighted by Gasteiger charge is -2.15. The third kappa shape index (κ3) is 4.83. The van der Waals surface area contributed by atoms with Gasteiger partial charge in [0.05, 0.1) is 5.75 Å². The summed E-state index contributed by atoms with van der Waals surface area (Å²) in [7, 11) is -3.42. The molecule has 1 N–H and O–H groups in total. The van der Waals surface area contributed by atoms with E-state index in [1.165, 1.54) is 5.56 Å². The fourth-order valence-electron chi connectivity index (χ4n) is 2.27. The number of hydrogen-bond donors (Lipinski definition) is 1. The van der Waals surface area contributed by atoms with E-state index in [9.17, 15) is 8.42 Å². The summed E-state index contributed by atoms with van der Waals surface area (Å²) in [6.07, 6.45) is 0.967. The van der Waals surface area contributed by atoms with E-state index < -0.39 is 10.0 Å². The highest BCUT2D eigenvalue weighted by Gasteiger charge is 2.16. The molecule has 0 unspecified atom stereocenters. The summed E-state index contributed by atoms with van der Waals surface area (Å²) < 4.78 is 27.2. The van der Waals surface area contributed by atoms with Gasteiger partial charge in [-0.25, -0.2) is 13.1 Å². The molecular weight excluding hydrogens is 318 g/mol. The highest BCUT2D eigenvalue weighted by Crippen LogP contribution is 2.17. The number of sulfonamides is 1. The van der Waals surface area contributed by atoms with Crippen molar-refractivity contribution in [3.8, 4) is 0 Å². The lowest BCUT2D eigenvalue weighted by atomic mass is 10.1. The smallest absolute Gasteiger partial charge is 0.212 e. The SMILES string of the molecule is CCc1ccc([C@H](C)NS(=O)(=O)Cc2cccc(Cl)c2)cc1. The molecule has 0 aliphatic carbocycles. The lowest BCUT2D eigenvalue weighted by Crippen LogP contribution is -2.28. The minimum absolute atomic E-state index is 0.0784. The van der Waals surface area contributed by atoms with Gasteiger partial charge in [-0.15, -0.1) is 0 Å². The summed E-state index contributed by atoms with van der Waals surface area (Å²) in [5.74, 6) is -0.0784. The van der Waals surface area contributed by atoms with Crippen molar-refractivity contribution in [3.63, 3.8) is 0 Å². The average Bonchev–Trinajstić information content (AvgIpc) is 2.46. The van der Waals surface area contributed by atoms with E-state index in [1.807, 2.05) is 31.2 Å². The van der Waals surface area contributed by atoms with Crippen LogP contribution < -0.4 is 4.72 Å². The Kier molecular flexibility index (Phi) is 5.62. The highest BCUT2D eigenvalue weighted by atomic mass is 35.5. The summed E-state index contributed by atoms with van der Waals surface area (Å²) in [5.41, 5.74) is 2.86. The van der Waals surface area contributed by atoms with Gasteiger partial charge in [-0.2, -0.15) is 0 Å². The molecule has 0 fully saturated rings. The van der Waals surface area contributed by atoms with Crippen LogP contribution in [0.5, 0.6) is 0 Å². The van der Waals surface area contributed by atoms with Crippen LogP contribution in [0.25, 0.3) is 0 Å². The molecule has 3 nitrogen and oxygen atoms in total. The van der Waals surface area contributed by atoms with E-state index in [0.717, 1.165) is 12.0 Å². The van der Waals surface area contributed by atoms with Crippen molar-refractivity contribution in [2.24, 2.45) is 0 Å². The van der Waals surface area contributed by atoms with Gasteiger partial charge >= 0.3 is 0 Å². The van der Waals surface area contributed by atoms with E-state index in [2.05, 4.69) is 11.6 Å². The van der Waals surface area contributed by atoms with Gasteiger partial charge in [0.2, 0.25) is 10.0 Å². The molecule has 0 heterocycles. The van der Waals surface area contributed by atoms with Crippen LogP contribution in [0.4, 0.5) is 0 Å². The highest BCUT2D eigenvalue weighted by molar-refractivity contribution is 7.88. The van der Waals surface area contributed by atoms with Gasteiger partial charge in [-0.05, 0) is 42.2 Å². The molecule has 0 saturated heterocycles. The third-order valence-corrected chi connectivity index (χ3v) is 5.15. The Morgan fingerprint density at radius 2 is 1.77 bits per heavy atom. The fraction of sp³-hybridized carbons (Fsp3) is 0.294. The van der Waals surface area contributed by atoms with Crippen LogP contribution in [0.15, 0.2) is 48.5 Å². The van der Waals surface area contributed by atoms with Gasteiger partial charge in [-0.3, -0.25) is 0 Å². The maximum atomic E-state index is 12.3. The zero-order valence-electron chi connectivity index (χ0n) is 12.7. The number of benzene rings is 2. The van der Waals surface area contributed by atoms with Crippen molar-refractivity contribution >= 4 is 21.6 Å². The predicted octanol–water partition coefficient (Wildman–Crippen LogP) is 4.08. The third-order valence-electron chi connectivity index (χ3n) is 3.49. The van der Waals surface area contributed by atoms with Crippen LogP contribution in [0.3, 0.4) is 0 Å².